The molecular formula is C23H42N2O5. The number of carbonyl (C=O) groups is 1. The summed E-state index contributed by atoms with van der Waals surface area (Å²) in [5.41, 5.74) is -1.48. The Morgan fingerprint density at radius 3 is 2.37 bits per heavy atom. The Hall–Kier alpha value is -1.44. The second kappa shape index (κ2) is 15.4. The summed E-state index contributed by atoms with van der Waals surface area (Å²) < 4.78 is 5.41. The van der Waals surface area contributed by atoms with E-state index in [0.717, 1.165) is 19.3 Å². The first-order valence-electron chi connectivity index (χ1n) is 11.6. The highest BCUT2D eigenvalue weighted by Gasteiger charge is 2.43. The zero-order valence-corrected chi connectivity index (χ0v) is 19.1. The van der Waals surface area contributed by atoms with Gasteiger partial charge in [-0.1, -0.05) is 70.8 Å². The van der Waals surface area contributed by atoms with Gasteiger partial charge in [0.2, 0.25) is 0 Å². The number of carbonyl (C=O) groups excluding carboxylic acids is 1. The molecule has 0 aliphatic carbocycles. The van der Waals surface area contributed by atoms with Crippen LogP contribution in [0.2, 0.25) is 0 Å². The van der Waals surface area contributed by atoms with Crippen molar-refractivity contribution in [2.75, 3.05) is 19.7 Å². The largest absolute Gasteiger partial charge is 0.453 e. The highest BCUT2D eigenvalue weighted by atomic mass is 16.7. The molecule has 0 saturated carbocycles. The molecule has 1 aliphatic heterocycles. The molecular weight excluding hydrogens is 384 g/mol. The normalized spacial score (nSPS) is 18.0. The molecule has 174 valence electrons. The minimum atomic E-state index is -1.48. The molecule has 0 radical (unpaired) electrons. The zero-order chi connectivity index (χ0) is 22.2. The number of hydrogen-bond acceptors (Lipinski definition) is 7. The van der Waals surface area contributed by atoms with Gasteiger partial charge in [0.1, 0.15) is 18.5 Å². The van der Waals surface area contributed by atoms with Crippen LogP contribution in [0.25, 0.3) is 0 Å². The van der Waals surface area contributed by atoms with E-state index in [9.17, 15) is 15.0 Å². The molecule has 0 aromatic carbocycles. The number of esters is 1. The van der Waals surface area contributed by atoms with Gasteiger partial charge in [0, 0.05) is 6.08 Å². The van der Waals surface area contributed by atoms with Crippen molar-refractivity contribution in [1.82, 2.24) is 5.06 Å². The van der Waals surface area contributed by atoms with Crippen LogP contribution in [0.4, 0.5) is 0 Å². The van der Waals surface area contributed by atoms with Crippen molar-refractivity contribution in [3.8, 4) is 0 Å². The van der Waals surface area contributed by atoms with Crippen molar-refractivity contribution >= 4 is 12.3 Å². The maximum Gasteiger partial charge on any atom is 0.330 e. The van der Waals surface area contributed by atoms with Gasteiger partial charge in [-0.3, -0.25) is 9.83 Å². The number of aliphatic imine (C=N–C) groups is 1. The Balaban J connectivity index is 2.59. The van der Waals surface area contributed by atoms with Crippen LogP contribution in [0.5, 0.6) is 0 Å². The molecule has 2 N–H and O–H groups in total. The zero-order valence-electron chi connectivity index (χ0n) is 19.1. The number of hydroxylamine groups is 2. The molecule has 0 spiro atoms. The highest BCUT2D eigenvalue weighted by Crippen LogP contribution is 2.26. The molecule has 1 heterocycles. The predicted molar refractivity (Wildman–Crippen MR) is 119 cm³/mol. The summed E-state index contributed by atoms with van der Waals surface area (Å²) in [6.07, 6.45) is 13.2. The molecule has 3 atom stereocenters. The van der Waals surface area contributed by atoms with Gasteiger partial charge in [-0.05, 0) is 20.3 Å². The van der Waals surface area contributed by atoms with Gasteiger partial charge in [0.05, 0.1) is 19.2 Å². The quantitative estimate of drug-likeness (QED) is 0.209. The lowest BCUT2D eigenvalue weighted by atomic mass is 9.87. The van der Waals surface area contributed by atoms with Gasteiger partial charge in [-0.15, -0.1) is 0 Å². The van der Waals surface area contributed by atoms with E-state index in [-0.39, 0.29) is 6.61 Å². The van der Waals surface area contributed by atoms with Crippen LogP contribution >= 0.6 is 0 Å². The lowest BCUT2D eigenvalue weighted by Crippen LogP contribution is -2.54. The second-order valence-corrected chi connectivity index (χ2v) is 8.22. The molecule has 30 heavy (non-hydrogen) atoms. The summed E-state index contributed by atoms with van der Waals surface area (Å²) >= 11 is 0. The summed E-state index contributed by atoms with van der Waals surface area (Å²) in [5, 5.41) is 23.2. The van der Waals surface area contributed by atoms with Crippen molar-refractivity contribution in [3.63, 3.8) is 0 Å². The molecule has 0 fully saturated rings. The average Bonchev–Trinajstić information content (AvgIpc) is 3.23. The maximum absolute atomic E-state index is 12.0. The standard InChI is InChI=1S/C23H42N2O5/c1-4-6-7-8-9-10-11-12-13-15-23(28,18-29-25-17-16-24-19-25)22(20(3)26)30-21(27)14-5-2/h5,14,19-20,22,26,28H,4,6-13,15-18H2,1-3H3. The Kier molecular flexibility index (Phi) is 13.6. The average molecular weight is 427 g/mol. The van der Waals surface area contributed by atoms with Crippen LogP contribution in [0, 0.1) is 0 Å². The third-order valence-corrected chi connectivity index (χ3v) is 5.37. The fraction of sp³-hybridized carbons (Fsp3) is 0.826. The van der Waals surface area contributed by atoms with Gasteiger partial charge in [0.15, 0.2) is 6.10 Å². The van der Waals surface area contributed by atoms with E-state index in [1.165, 1.54) is 51.5 Å². The Morgan fingerprint density at radius 2 is 1.83 bits per heavy atom. The first-order chi connectivity index (χ1) is 14.4. The summed E-state index contributed by atoms with van der Waals surface area (Å²) in [5.74, 6) is -0.586. The fourth-order valence-electron chi connectivity index (χ4n) is 3.65. The Morgan fingerprint density at radius 1 is 1.20 bits per heavy atom. The van der Waals surface area contributed by atoms with Gasteiger partial charge in [-0.2, -0.15) is 0 Å². The molecule has 7 heteroatoms. The number of nitrogens with zero attached hydrogens (tertiary/aromatic N) is 2. The van der Waals surface area contributed by atoms with Crippen LogP contribution < -0.4 is 0 Å². The number of ether oxygens (including phenoxy) is 1. The molecule has 0 amide bonds. The molecule has 0 aromatic heterocycles. The molecule has 7 nitrogen and oxygen atoms in total. The molecule has 0 saturated heterocycles. The summed E-state index contributed by atoms with van der Waals surface area (Å²) in [7, 11) is 0. The number of aliphatic hydroxyl groups excluding tert-OH is 1. The van der Waals surface area contributed by atoms with Crippen LogP contribution in [0.3, 0.4) is 0 Å². The van der Waals surface area contributed by atoms with Crippen LogP contribution in [0.1, 0.15) is 85.0 Å². The monoisotopic (exact) mass is 426 g/mol. The van der Waals surface area contributed by atoms with E-state index in [1.807, 2.05) is 0 Å². The SMILES string of the molecule is CC=CC(=O)OC(C(C)O)C(O)(CCCCCCCCCCC)CON1C=NCC1. The summed E-state index contributed by atoms with van der Waals surface area (Å²) in [6, 6.07) is 0. The molecule has 0 aromatic rings. The van der Waals surface area contributed by atoms with Crippen molar-refractivity contribution in [1.29, 1.82) is 0 Å². The third-order valence-electron chi connectivity index (χ3n) is 5.37. The van der Waals surface area contributed by atoms with E-state index in [4.69, 9.17) is 9.57 Å². The number of hydrogen-bond donors (Lipinski definition) is 2. The number of unbranched alkanes of at least 4 members (excludes halogenated alkanes) is 8. The minimum absolute atomic E-state index is 0.0747. The van der Waals surface area contributed by atoms with E-state index in [2.05, 4.69) is 11.9 Å². The molecule has 3 unspecified atom stereocenters. The summed E-state index contributed by atoms with van der Waals surface area (Å²) in [4.78, 5) is 21.8. The third kappa shape index (κ3) is 10.5. The topological polar surface area (TPSA) is 91.6 Å². The maximum atomic E-state index is 12.0. The van der Waals surface area contributed by atoms with E-state index < -0.39 is 23.8 Å². The summed E-state index contributed by atoms with van der Waals surface area (Å²) in [6.45, 7) is 6.64. The van der Waals surface area contributed by atoms with Crippen LogP contribution in [-0.2, 0) is 14.4 Å². The van der Waals surface area contributed by atoms with E-state index >= 15 is 0 Å². The Bertz CT molecular complexity index is 524. The number of rotatable bonds is 17. The van der Waals surface area contributed by atoms with Gasteiger partial charge >= 0.3 is 5.97 Å². The predicted octanol–water partition coefficient (Wildman–Crippen LogP) is 3.78. The highest BCUT2D eigenvalue weighted by molar-refractivity contribution is 5.82. The lowest BCUT2D eigenvalue weighted by molar-refractivity contribution is -0.213. The molecule has 1 rings (SSSR count). The van der Waals surface area contributed by atoms with Crippen LogP contribution in [0.15, 0.2) is 17.1 Å². The molecule has 1 aliphatic rings. The smallest absolute Gasteiger partial charge is 0.330 e. The van der Waals surface area contributed by atoms with Crippen molar-refractivity contribution in [3.05, 3.63) is 12.2 Å². The number of allylic oxidation sites excluding steroid dienone is 1. The Labute approximate surface area is 182 Å². The van der Waals surface area contributed by atoms with Gasteiger partial charge < -0.3 is 14.9 Å². The first-order valence-corrected chi connectivity index (χ1v) is 11.6. The van der Waals surface area contributed by atoms with Crippen LogP contribution in [-0.4, -0.2) is 65.1 Å². The lowest BCUT2D eigenvalue weighted by Gasteiger charge is -2.37. The minimum Gasteiger partial charge on any atom is -0.453 e. The van der Waals surface area contributed by atoms with Crippen molar-refractivity contribution in [2.45, 2.75) is 103 Å². The second-order valence-electron chi connectivity index (χ2n) is 8.22. The fourth-order valence-corrected chi connectivity index (χ4v) is 3.65. The van der Waals surface area contributed by atoms with Crippen molar-refractivity contribution < 1.29 is 24.6 Å². The van der Waals surface area contributed by atoms with Gasteiger partial charge in [0.25, 0.3) is 0 Å². The molecule has 0 bridgehead atoms. The van der Waals surface area contributed by atoms with E-state index in [1.54, 1.807) is 24.4 Å². The number of aliphatic hydroxyl groups is 2. The van der Waals surface area contributed by atoms with E-state index in [0.29, 0.717) is 19.5 Å². The first kappa shape index (κ1) is 26.6. The van der Waals surface area contributed by atoms with Gasteiger partial charge in [-0.25, -0.2) is 9.86 Å². The van der Waals surface area contributed by atoms with Crippen molar-refractivity contribution in [2.24, 2.45) is 4.99 Å².